The third-order valence-electron chi connectivity index (χ3n) is 2.84. The maximum absolute atomic E-state index is 12.1. The Morgan fingerprint density at radius 2 is 1.87 bits per heavy atom. The number of halogens is 2. The number of anilines is 2. The Labute approximate surface area is 128 Å². The van der Waals surface area contributed by atoms with Crippen LogP contribution in [0.25, 0.3) is 0 Å². The summed E-state index contributed by atoms with van der Waals surface area (Å²) >= 11 is 0. The molecule has 9 heteroatoms. The van der Waals surface area contributed by atoms with Gasteiger partial charge in [0.05, 0.1) is 4.92 Å². The molecule has 0 bridgehead atoms. The van der Waals surface area contributed by atoms with Gasteiger partial charge in [-0.05, 0) is 36.4 Å². The third-order valence-corrected chi connectivity index (χ3v) is 2.84. The predicted molar refractivity (Wildman–Crippen MR) is 78.0 cm³/mol. The second-order valence-electron chi connectivity index (χ2n) is 4.38. The lowest BCUT2D eigenvalue weighted by Crippen LogP contribution is -2.11. The lowest BCUT2D eigenvalue weighted by Gasteiger charge is -2.09. The number of alkyl halides is 2. The third kappa shape index (κ3) is 4.13. The molecule has 1 amide bonds. The molecule has 0 aliphatic rings. The molecule has 7 nitrogen and oxygen atoms in total. The van der Waals surface area contributed by atoms with Crippen molar-refractivity contribution < 1.29 is 23.2 Å². The molecule has 0 spiro atoms. The Bertz CT molecular complexity index is 735. The number of nitro benzene ring substituents is 1. The molecular weight excluding hydrogens is 312 g/mol. The van der Waals surface area contributed by atoms with Crippen molar-refractivity contribution in [2.24, 2.45) is 5.73 Å². The van der Waals surface area contributed by atoms with Gasteiger partial charge in [-0.3, -0.25) is 14.9 Å². The van der Waals surface area contributed by atoms with Crippen molar-refractivity contribution in [2.45, 2.75) is 6.61 Å². The van der Waals surface area contributed by atoms with Crippen LogP contribution in [0.15, 0.2) is 42.5 Å². The molecular formula is C14H11F2N3O4. The fourth-order valence-corrected chi connectivity index (χ4v) is 1.82. The zero-order valence-electron chi connectivity index (χ0n) is 11.5. The number of benzene rings is 2. The van der Waals surface area contributed by atoms with Crippen molar-refractivity contribution in [3.63, 3.8) is 0 Å². The van der Waals surface area contributed by atoms with Crippen LogP contribution in [0.4, 0.5) is 25.8 Å². The fraction of sp³-hybridized carbons (Fsp3) is 0.0714. The van der Waals surface area contributed by atoms with Crippen LogP contribution < -0.4 is 15.8 Å². The molecule has 0 saturated carbocycles. The molecule has 0 heterocycles. The van der Waals surface area contributed by atoms with Crippen LogP contribution in [0.1, 0.15) is 10.4 Å². The van der Waals surface area contributed by atoms with E-state index < -0.39 is 17.4 Å². The number of nitrogens with zero attached hydrogens (tertiary/aromatic N) is 1. The zero-order valence-corrected chi connectivity index (χ0v) is 11.5. The van der Waals surface area contributed by atoms with E-state index in [-0.39, 0.29) is 22.7 Å². The van der Waals surface area contributed by atoms with Gasteiger partial charge in [0.1, 0.15) is 11.4 Å². The smallest absolute Gasteiger partial charge is 0.387 e. The molecule has 0 unspecified atom stereocenters. The van der Waals surface area contributed by atoms with Gasteiger partial charge >= 0.3 is 6.61 Å². The number of nitrogens with one attached hydrogen (secondary N) is 1. The summed E-state index contributed by atoms with van der Waals surface area (Å²) in [7, 11) is 0. The Morgan fingerprint density at radius 1 is 1.22 bits per heavy atom. The first kappa shape index (κ1) is 16.1. The SMILES string of the molecule is NC(=O)c1ccc(Nc2ccc(OC(F)F)cc2)c([N+](=O)[O-])c1. The lowest BCUT2D eigenvalue weighted by atomic mass is 10.1. The first-order valence-electron chi connectivity index (χ1n) is 6.27. The van der Waals surface area contributed by atoms with Crippen molar-refractivity contribution in [1.29, 1.82) is 0 Å². The summed E-state index contributed by atoms with van der Waals surface area (Å²) < 4.78 is 28.3. The maximum Gasteiger partial charge on any atom is 0.387 e. The van der Waals surface area contributed by atoms with Gasteiger partial charge in [-0.25, -0.2) is 0 Å². The first-order chi connectivity index (χ1) is 10.9. The number of rotatable bonds is 6. The van der Waals surface area contributed by atoms with Crippen LogP contribution in [0.3, 0.4) is 0 Å². The molecule has 0 fully saturated rings. The summed E-state index contributed by atoms with van der Waals surface area (Å²) in [5, 5.41) is 13.8. The minimum atomic E-state index is -2.93. The van der Waals surface area contributed by atoms with E-state index in [2.05, 4.69) is 10.1 Å². The molecule has 0 aliphatic carbocycles. The standard InChI is InChI=1S/C14H11F2N3O4/c15-14(16)23-10-4-2-9(3-5-10)18-11-6-1-8(13(17)20)7-12(11)19(21)22/h1-7,14,18H,(H2,17,20). The summed E-state index contributed by atoms with van der Waals surface area (Å²) in [5.41, 5.74) is 5.29. The average molecular weight is 323 g/mol. The zero-order chi connectivity index (χ0) is 17.0. The highest BCUT2D eigenvalue weighted by atomic mass is 19.3. The summed E-state index contributed by atoms with van der Waals surface area (Å²) in [5.74, 6) is -0.822. The van der Waals surface area contributed by atoms with Crippen molar-refractivity contribution >= 4 is 23.0 Å². The molecule has 23 heavy (non-hydrogen) atoms. The Morgan fingerprint density at radius 3 is 2.39 bits per heavy atom. The van der Waals surface area contributed by atoms with Gasteiger partial charge < -0.3 is 15.8 Å². The number of amides is 1. The van der Waals surface area contributed by atoms with E-state index in [0.717, 1.165) is 6.07 Å². The summed E-state index contributed by atoms with van der Waals surface area (Å²) in [6.07, 6.45) is 0. The monoisotopic (exact) mass is 323 g/mol. The molecule has 0 aliphatic heterocycles. The van der Waals surface area contributed by atoms with Crippen LogP contribution >= 0.6 is 0 Å². The van der Waals surface area contributed by atoms with Gasteiger partial charge in [-0.15, -0.1) is 0 Å². The molecule has 2 aromatic carbocycles. The number of carbonyl (C=O) groups is 1. The maximum atomic E-state index is 12.1. The van der Waals surface area contributed by atoms with Gasteiger partial charge in [0.25, 0.3) is 5.69 Å². The quantitative estimate of drug-likeness (QED) is 0.627. The van der Waals surface area contributed by atoms with E-state index in [0.29, 0.717) is 5.69 Å². The Balaban J connectivity index is 2.25. The molecule has 3 N–H and O–H groups in total. The largest absolute Gasteiger partial charge is 0.435 e. The minimum Gasteiger partial charge on any atom is -0.435 e. The van der Waals surface area contributed by atoms with E-state index in [4.69, 9.17) is 5.73 Å². The van der Waals surface area contributed by atoms with Gasteiger partial charge in [0.15, 0.2) is 0 Å². The molecule has 0 atom stereocenters. The van der Waals surface area contributed by atoms with Gasteiger partial charge in [-0.1, -0.05) is 0 Å². The minimum absolute atomic E-state index is 0.00271. The van der Waals surface area contributed by atoms with Crippen molar-refractivity contribution in [2.75, 3.05) is 5.32 Å². The second-order valence-corrected chi connectivity index (χ2v) is 4.38. The van der Waals surface area contributed by atoms with Crippen molar-refractivity contribution in [3.8, 4) is 5.75 Å². The highest BCUT2D eigenvalue weighted by molar-refractivity contribution is 5.94. The molecule has 0 aromatic heterocycles. The molecule has 0 saturated heterocycles. The number of nitro groups is 1. The Hall–Kier alpha value is -3.23. The normalized spacial score (nSPS) is 10.4. The molecule has 2 rings (SSSR count). The van der Waals surface area contributed by atoms with Gasteiger partial charge in [-0.2, -0.15) is 8.78 Å². The van der Waals surface area contributed by atoms with Crippen LogP contribution in [0.5, 0.6) is 5.75 Å². The number of hydrogen-bond donors (Lipinski definition) is 2. The van der Waals surface area contributed by atoms with Crippen LogP contribution in [-0.2, 0) is 0 Å². The predicted octanol–water partition coefficient (Wildman–Crippen LogP) is 3.04. The van der Waals surface area contributed by atoms with Crippen LogP contribution in [-0.4, -0.2) is 17.4 Å². The first-order valence-corrected chi connectivity index (χ1v) is 6.27. The van der Waals surface area contributed by atoms with E-state index >= 15 is 0 Å². The highest BCUT2D eigenvalue weighted by Crippen LogP contribution is 2.29. The van der Waals surface area contributed by atoms with Crippen molar-refractivity contribution in [3.05, 3.63) is 58.1 Å². The van der Waals surface area contributed by atoms with Crippen LogP contribution in [0, 0.1) is 10.1 Å². The second kappa shape index (κ2) is 6.69. The summed E-state index contributed by atoms with van der Waals surface area (Å²) in [6, 6.07) is 9.15. The van der Waals surface area contributed by atoms with Gasteiger partial charge in [0, 0.05) is 17.3 Å². The number of hydrogen-bond acceptors (Lipinski definition) is 5. The average Bonchev–Trinajstić information content (AvgIpc) is 2.48. The number of nitrogens with two attached hydrogens (primary N) is 1. The molecule has 2 aromatic rings. The van der Waals surface area contributed by atoms with E-state index in [9.17, 15) is 23.7 Å². The topological polar surface area (TPSA) is 107 Å². The Kier molecular flexibility index (Phi) is 4.69. The lowest BCUT2D eigenvalue weighted by molar-refractivity contribution is -0.383. The number of carbonyl (C=O) groups excluding carboxylic acids is 1. The van der Waals surface area contributed by atoms with E-state index in [1.165, 1.54) is 36.4 Å². The van der Waals surface area contributed by atoms with E-state index in [1.807, 2.05) is 0 Å². The summed E-state index contributed by atoms with van der Waals surface area (Å²) in [4.78, 5) is 21.5. The van der Waals surface area contributed by atoms with Crippen LogP contribution in [0.2, 0.25) is 0 Å². The van der Waals surface area contributed by atoms with Gasteiger partial charge in [0.2, 0.25) is 5.91 Å². The van der Waals surface area contributed by atoms with Crippen molar-refractivity contribution in [1.82, 2.24) is 0 Å². The molecule has 120 valence electrons. The highest BCUT2D eigenvalue weighted by Gasteiger charge is 2.16. The van der Waals surface area contributed by atoms with E-state index in [1.54, 1.807) is 0 Å². The molecule has 0 radical (unpaired) electrons. The fourth-order valence-electron chi connectivity index (χ4n) is 1.82. The number of primary amides is 1. The summed E-state index contributed by atoms with van der Waals surface area (Å²) in [6.45, 7) is -2.93. The number of ether oxygens (including phenoxy) is 1.